The number of hydrogen-bond donors (Lipinski definition) is 1. The maximum Gasteiger partial charge on any atom is 0.304 e. The van der Waals surface area contributed by atoms with Gasteiger partial charge in [-0.15, -0.1) is 0 Å². The van der Waals surface area contributed by atoms with E-state index in [1.54, 1.807) is 14.0 Å². The van der Waals surface area contributed by atoms with Gasteiger partial charge in [-0.05, 0) is 13.8 Å². The Morgan fingerprint density at radius 2 is 2.00 bits per heavy atom. The highest BCUT2D eigenvalue weighted by Crippen LogP contribution is 2.02. The summed E-state index contributed by atoms with van der Waals surface area (Å²) in [5.41, 5.74) is 0. The minimum Gasteiger partial charge on any atom is -0.481 e. The van der Waals surface area contributed by atoms with Crippen molar-refractivity contribution in [2.24, 2.45) is 0 Å². The Morgan fingerprint density at radius 3 is 2.40 bits per heavy atom. The molecule has 0 bridgehead atoms. The molecule has 1 unspecified atom stereocenters. The maximum atomic E-state index is 11.2. The molecule has 5 nitrogen and oxygen atoms in total. The monoisotopic (exact) mass is 217 g/mol. The molecule has 0 aromatic heterocycles. The lowest BCUT2D eigenvalue weighted by Gasteiger charge is -2.26. The number of hydrogen-bond acceptors (Lipinski definition) is 4. The van der Waals surface area contributed by atoms with Crippen molar-refractivity contribution in [2.75, 3.05) is 26.8 Å². The van der Waals surface area contributed by atoms with Gasteiger partial charge in [0.05, 0.1) is 19.1 Å². The molecule has 0 saturated heterocycles. The zero-order valence-electron chi connectivity index (χ0n) is 9.52. The van der Waals surface area contributed by atoms with Gasteiger partial charge in [0.25, 0.3) is 0 Å². The minimum atomic E-state index is -0.854. The Labute approximate surface area is 90.0 Å². The van der Waals surface area contributed by atoms with Crippen LogP contribution in [0.15, 0.2) is 0 Å². The van der Waals surface area contributed by atoms with E-state index in [2.05, 4.69) is 0 Å². The quantitative estimate of drug-likeness (QED) is 0.637. The smallest absolute Gasteiger partial charge is 0.304 e. The van der Waals surface area contributed by atoms with Crippen LogP contribution in [0.4, 0.5) is 0 Å². The van der Waals surface area contributed by atoms with E-state index in [0.717, 1.165) is 0 Å². The van der Waals surface area contributed by atoms with E-state index in [4.69, 9.17) is 9.84 Å². The Balaban J connectivity index is 4.16. The van der Waals surface area contributed by atoms with Crippen molar-refractivity contribution in [2.45, 2.75) is 26.3 Å². The standard InChI is InChI=1S/C10H19NO4/c1-8(9(2)12)11(6-7-15-3)5-4-10(13)14/h8H,4-7H2,1-3H3,(H,13,14). The van der Waals surface area contributed by atoms with E-state index in [1.807, 2.05) is 4.90 Å². The molecule has 0 spiro atoms. The molecule has 0 rings (SSSR count). The number of ketones is 1. The molecule has 0 aromatic carbocycles. The first-order valence-corrected chi connectivity index (χ1v) is 4.94. The predicted molar refractivity (Wildman–Crippen MR) is 55.8 cm³/mol. The van der Waals surface area contributed by atoms with Crippen LogP contribution in [-0.4, -0.2) is 54.6 Å². The van der Waals surface area contributed by atoms with Crippen LogP contribution in [0.5, 0.6) is 0 Å². The summed E-state index contributed by atoms with van der Waals surface area (Å²) in [4.78, 5) is 23.4. The number of nitrogens with zero attached hydrogens (tertiary/aromatic N) is 1. The fraction of sp³-hybridized carbons (Fsp3) is 0.800. The third kappa shape index (κ3) is 6.19. The number of carboxylic acids is 1. The van der Waals surface area contributed by atoms with Crippen molar-refractivity contribution in [3.05, 3.63) is 0 Å². The Kier molecular flexibility index (Phi) is 6.90. The van der Waals surface area contributed by atoms with Gasteiger partial charge in [-0.2, -0.15) is 0 Å². The van der Waals surface area contributed by atoms with Crippen molar-refractivity contribution in [1.29, 1.82) is 0 Å². The van der Waals surface area contributed by atoms with Crippen LogP contribution in [0.1, 0.15) is 20.3 Å². The molecule has 5 heteroatoms. The summed E-state index contributed by atoms with van der Waals surface area (Å²) in [7, 11) is 1.58. The average Bonchev–Trinajstić information content (AvgIpc) is 2.16. The average molecular weight is 217 g/mol. The molecule has 0 amide bonds. The number of carbonyl (C=O) groups excluding carboxylic acids is 1. The summed E-state index contributed by atoms with van der Waals surface area (Å²) in [5, 5.41) is 8.57. The fourth-order valence-corrected chi connectivity index (χ4v) is 1.20. The zero-order chi connectivity index (χ0) is 11.8. The highest BCUT2D eigenvalue weighted by atomic mass is 16.5. The van der Waals surface area contributed by atoms with Gasteiger partial charge in [-0.25, -0.2) is 0 Å². The number of carbonyl (C=O) groups is 2. The summed E-state index contributed by atoms with van der Waals surface area (Å²) in [6.45, 7) is 4.73. The van der Waals surface area contributed by atoms with Gasteiger partial charge < -0.3 is 9.84 Å². The maximum absolute atomic E-state index is 11.2. The minimum absolute atomic E-state index is 0.0384. The van der Waals surface area contributed by atoms with Gasteiger partial charge in [0.2, 0.25) is 0 Å². The highest BCUT2D eigenvalue weighted by molar-refractivity contribution is 5.81. The second kappa shape index (κ2) is 7.36. The zero-order valence-corrected chi connectivity index (χ0v) is 9.52. The van der Waals surface area contributed by atoms with Crippen LogP contribution < -0.4 is 0 Å². The van der Waals surface area contributed by atoms with Crippen molar-refractivity contribution < 1.29 is 19.4 Å². The summed E-state index contributed by atoms with van der Waals surface area (Å²) < 4.78 is 4.91. The molecule has 15 heavy (non-hydrogen) atoms. The normalized spacial score (nSPS) is 12.8. The first kappa shape index (κ1) is 14.1. The summed E-state index contributed by atoms with van der Waals surface area (Å²) in [6, 6.07) is -0.250. The van der Waals surface area contributed by atoms with E-state index < -0.39 is 5.97 Å². The molecule has 0 radical (unpaired) electrons. The number of Topliss-reactive ketones (excluding diaryl/α,β-unsaturated/α-hetero) is 1. The second-order valence-corrected chi connectivity index (χ2v) is 3.46. The first-order valence-electron chi connectivity index (χ1n) is 4.94. The lowest BCUT2D eigenvalue weighted by atomic mass is 10.2. The van der Waals surface area contributed by atoms with Crippen LogP contribution >= 0.6 is 0 Å². The fourth-order valence-electron chi connectivity index (χ4n) is 1.20. The summed E-state index contributed by atoms with van der Waals surface area (Å²) in [6.07, 6.45) is 0.0430. The molecular formula is C10H19NO4. The van der Waals surface area contributed by atoms with Crippen molar-refractivity contribution in [3.63, 3.8) is 0 Å². The number of rotatable bonds is 8. The SMILES string of the molecule is COCCN(CCC(=O)O)C(C)C(C)=O. The third-order valence-electron chi connectivity index (χ3n) is 2.33. The highest BCUT2D eigenvalue weighted by Gasteiger charge is 2.18. The lowest BCUT2D eigenvalue weighted by molar-refractivity contribution is -0.138. The number of methoxy groups -OCH3 is 1. The van der Waals surface area contributed by atoms with E-state index in [1.165, 1.54) is 6.92 Å². The molecule has 1 N–H and O–H groups in total. The van der Waals surface area contributed by atoms with Crippen LogP contribution in [0.2, 0.25) is 0 Å². The first-order chi connectivity index (χ1) is 6.99. The van der Waals surface area contributed by atoms with Gasteiger partial charge in [0, 0.05) is 20.2 Å². The van der Waals surface area contributed by atoms with E-state index in [9.17, 15) is 9.59 Å². The molecule has 1 atom stereocenters. The van der Waals surface area contributed by atoms with Crippen LogP contribution in [-0.2, 0) is 14.3 Å². The number of carboxylic acid groups (broad SMARTS) is 1. The van der Waals surface area contributed by atoms with E-state index in [0.29, 0.717) is 19.7 Å². The molecule has 0 fully saturated rings. The van der Waals surface area contributed by atoms with Gasteiger partial charge >= 0.3 is 5.97 Å². The van der Waals surface area contributed by atoms with Gasteiger partial charge in [0.1, 0.15) is 5.78 Å². The van der Waals surface area contributed by atoms with Crippen molar-refractivity contribution in [3.8, 4) is 0 Å². The summed E-state index contributed by atoms with van der Waals surface area (Å²) in [5.74, 6) is -0.815. The summed E-state index contributed by atoms with van der Waals surface area (Å²) >= 11 is 0. The second-order valence-electron chi connectivity index (χ2n) is 3.46. The molecule has 0 aromatic rings. The molecule has 0 aliphatic rings. The van der Waals surface area contributed by atoms with Gasteiger partial charge in [-0.3, -0.25) is 14.5 Å². The Hall–Kier alpha value is -0.940. The lowest BCUT2D eigenvalue weighted by Crippen LogP contribution is -2.41. The molecule has 0 heterocycles. The molecule has 88 valence electrons. The molecule has 0 aliphatic carbocycles. The van der Waals surface area contributed by atoms with Gasteiger partial charge in [-0.1, -0.05) is 0 Å². The molecule has 0 saturated carbocycles. The van der Waals surface area contributed by atoms with Crippen LogP contribution in [0.25, 0.3) is 0 Å². The number of aliphatic carboxylic acids is 1. The van der Waals surface area contributed by atoms with Crippen LogP contribution in [0.3, 0.4) is 0 Å². The predicted octanol–water partition coefficient (Wildman–Crippen LogP) is 0.387. The largest absolute Gasteiger partial charge is 0.481 e. The van der Waals surface area contributed by atoms with Crippen molar-refractivity contribution in [1.82, 2.24) is 4.90 Å². The van der Waals surface area contributed by atoms with Gasteiger partial charge in [0.15, 0.2) is 0 Å². The Bertz CT molecular complexity index is 217. The van der Waals surface area contributed by atoms with E-state index >= 15 is 0 Å². The molecule has 0 aliphatic heterocycles. The topological polar surface area (TPSA) is 66.8 Å². The third-order valence-corrected chi connectivity index (χ3v) is 2.33. The Morgan fingerprint density at radius 1 is 1.40 bits per heavy atom. The van der Waals surface area contributed by atoms with E-state index in [-0.39, 0.29) is 18.2 Å². The molecular weight excluding hydrogens is 198 g/mol. The number of ether oxygens (including phenoxy) is 1. The van der Waals surface area contributed by atoms with Crippen molar-refractivity contribution >= 4 is 11.8 Å². The van der Waals surface area contributed by atoms with Crippen LogP contribution in [0, 0.1) is 0 Å².